The van der Waals surface area contributed by atoms with E-state index in [4.69, 9.17) is 15.9 Å². The van der Waals surface area contributed by atoms with E-state index < -0.39 is 0 Å². The zero-order valence-corrected chi connectivity index (χ0v) is 8.58. The summed E-state index contributed by atoms with van der Waals surface area (Å²) in [4.78, 5) is 0. The molecule has 1 aliphatic rings. The average molecular weight is 206 g/mol. The highest BCUT2D eigenvalue weighted by Gasteiger charge is 2.21. The molecule has 1 unspecified atom stereocenters. The van der Waals surface area contributed by atoms with E-state index >= 15 is 0 Å². The lowest BCUT2D eigenvalue weighted by atomic mass is 10.0. The minimum Gasteiger partial charge on any atom is -0.508 e. The first kappa shape index (κ1) is 9.83. The lowest BCUT2D eigenvalue weighted by Gasteiger charge is -2.06. The second kappa shape index (κ2) is 3.46. The molecule has 0 saturated carbocycles. The van der Waals surface area contributed by atoms with Crippen LogP contribution in [0.1, 0.15) is 18.1 Å². The number of benzene rings is 1. The van der Waals surface area contributed by atoms with Gasteiger partial charge in [-0.1, -0.05) is 0 Å². The van der Waals surface area contributed by atoms with E-state index in [-0.39, 0.29) is 24.1 Å². The Morgan fingerprint density at radius 1 is 1.67 bits per heavy atom. The van der Waals surface area contributed by atoms with Gasteiger partial charge in [0.25, 0.3) is 0 Å². The zero-order valence-electron chi connectivity index (χ0n) is 8.58. The van der Waals surface area contributed by atoms with Crippen LogP contribution in [0.4, 0.5) is 0 Å². The molecule has 15 heavy (non-hydrogen) atoms. The van der Waals surface area contributed by atoms with E-state index in [0.717, 1.165) is 17.7 Å². The molecule has 4 N–H and O–H groups in total. The lowest BCUT2D eigenvalue weighted by molar-refractivity contribution is 0.254. The van der Waals surface area contributed by atoms with Crippen molar-refractivity contribution in [1.82, 2.24) is 0 Å². The molecule has 1 heterocycles. The molecule has 1 aromatic rings. The van der Waals surface area contributed by atoms with Crippen LogP contribution >= 0.6 is 0 Å². The van der Waals surface area contributed by atoms with Gasteiger partial charge < -0.3 is 15.6 Å². The van der Waals surface area contributed by atoms with Crippen LogP contribution in [-0.2, 0) is 12.8 Å². The molecule has 0 aromatic heterocycles. The largest absolute Gasteiger partial charge is 0.508 e. The Morgan fingerprint density at radius 3 is 3.07 bits per heavy atom. The fourth-order valence-electron chi connectivity index (χ4n) is 1.85. The van der Waals surface area contributed by atoms with Gasteiger partial charge in [0, 0.05) is 24.5 Å². The third kappa shape index (κ3) is 1.88. The van der Waals surface area contributed by atoms with Crippen molar-refractivity contribution in [2.24, 2.45) is 5.73 Å². The van der Waals surface area contributed by atoms with Crippen LogP contribution in [0.2, 0.25) is 0 Å². The number of amidine groups is 1. The molecule has 1 aromatic carbocycles. The van der Waals surface area contributed by atoms with Crippen molar-refractivity contribution in [2.45, 2.75) is 25.9 Å². The predicted octanol–water partition coefficient (Wildman–Crippen LogP) is 1.19. The number of phenolic OH excluding ortho intramolecular Hbond substituents is 1. The van der Waals surface area contributed by atoms with Gasteiger partial charge in [-0.25, -0.2) is 0 Å². The predicted molar refractivity (Wildman–Crippen MR) is 57.5 cm³/mol. The third-order valence-corrected chi connectivity index (χ3v) is 2.48. The molecular formula is C11H14N2O2. The van der Waals surface area contributed by atoms with Gasteiger partial charge in [0.2, 0.25) is 0 Å². The van der Waals surface area contributed by atoms with Crippen molar-refractivity contribution < 1.29 is 9.84 Å². The molecule has 4 nitrogen and oxygen atoms in total. The van der Waals surface area contributed by atoms with E-state index in [9.17, 15) is 5.11 Å². The summed E-state index contributed by atoms with van der Waals surface area (Å²) in [5, 5.41) is 16.9. The minimum atomic E-state index is 0.0530. The summed E-state index contributed by atoms with van der Waals surface area (Å²) in [6, 6.07) is 3.48. The molecule has 80 valence electrons. The lowest BCUT2D eigenvalue weighted by Crippen LogP contribution is -2.12. The van der Waals surface area contributed by atoms with Gasteiger partial charge in [-0.05, 0) is 18.6 Å². The van der Waals surface area contributed by atoms with Gasteiger partial charge in [0.1, 0.15) is 17.6 Å². The van der Waals surface area contributed by atoms with Crippen molar-refractivity contribution in [1.29, 1.82) is 5.41 Å². The molecule has 2 rings (SSSR count). The number of nitrogens with one attached hydrogen (secondary N) is 1. The average Bonchev–Trinajstić information content (AvgIpc) is 2.44. The van der Waals surface area contributed by atoms with Gasteiger partial charge in [-0.15, -0.1) is 0 Å². The van der Waals surface area contributed by atoms with Crippen LogP contribution in [0.15, 0.2) is 12.1 Å². The van der Waals surface area contributed by atoms with E-state index in [2.05, 4.69) is 0 Å². The van der Waals surface area contributed by atoms with Gasteiger partial charge >= 0.3 is 0 Å². The third-order valence-electron chi connectivity index (χ3n) is 2.48. The Labute approximate surface area is 88.2 Å². The maximum absolute atomic E-state index is 9.68. The minimum absolute atomic E-state index is 0.0530. The fraction of sp³-hybridized carbons (Fsp3) is 0.364. The number of hydrogen-bond acceptors (Lipinski definition) is 3. The summed E-state index contributed by atoms with van der Waals surface area (Å²) in [5.41, 5.74) is 7.08. The fourth-order valence-corrected chi connectivity index (χ4v) is 1.85. The number of aromatic hydroxyl groups is 1. The number of nitrogens with two attached hydrogens (primary N) is 1. The number of fused-ring (bicyclic) bond motifs is 1. The van der Waals surface area contributed by atoms with Gasteiger partial charge in [-0.3, -0.25) is 5.41 Å². The number of rotatable bonds is 2. The summed E-state index contributed by atoms with van der Waals surface area (Å²) in [7, 11) is 0. The first-order valence-corrected chi connectivity index (χ1v) is 4.90. The van der Waals surface area contributed by atoms with Crippen molar-refractivity contribution in [3.63, 3.8) is 0 Å². The highest BCUT2D eigenvalue weighted by atomic mass is 16.5. The molecule has 0 aliphatic carbocycles. The van der Waals surface area contributed by atoms with Crippen LogP contribution in [-0.4, -0.2) is 17.0 Å². The molecule has 1 aliphatic heterocycles. The van der Waals surface area contributed by atoms with Crippen LogP contribution in [0.3, 0.4) is 0 Å². The second-order valence-corrected chi connectivity index (χ2v) is 3.92. The van der Waals surface area contributed by atoms with Crippen LogP contribution in [0, 0.1) is 5.41 Å². The van der Waals surface area contributed by atoms with Crippen LogP contribution in [0.5, 0.6) is 11.5 Å². The smallest absolute Gasteiger partial charge is 0.126 e. The van der Waals surface area contributed by atoms with Crippen LogP contribution in [0.25, 0.3) is 0 Å². The Hall–Kier alpha value is -1.71. The molecule has 0 amide bonds. The van der Waals surface area contributed by atoms with Gasteiger partial charge in [0.05, 0.1) is 5.84 Å². The van der Waals surface area contributed by atoms with E-state index in [1.807, 2.05) is 13.0 Å². The van der Waals surface area contributed by atoms with Crippen molar-refractivity contribution in [2.75, 3.05) is 0 Å². The van der Waals surface area contributed by atoms with Crippen molar-refractivity contribution in [3.05, 3.63) is 23.3 Å². The summed E-state index contributed by atoms with van der Waals surface area (Å²) < 4.78 is 5.50. The van der Waals surface area contributed by atoms with Crippen LogP contribution < -0.4 is 10.5 Å². The number of ether oxygens (including phenoxy) is 1. The quantitative estimate of drug-likeness (QED) is 0.502. The number of phenols is 1. The summed E-state index contributed by atoms with van der Waals surface area (Å²) >= 11 is 0. The van der Waals surface area contributed by atoms with E-state index in [1.54, 1.807) is 6.07 Å². The van der Waals surface area contributed by atoms with E-state index in [1.165, 1.54) is 0 Å². The van der Waals surface area contributed by atoms with Crippen molar-refractivity contribution in [3.8, 4) is 11.5 Å². The summed E-state index contributed by atoms with van der Waals surface area (Å²) in [5.74, 6) is 0.947. The zero-order chi connectivity index (χ0) is 11.0. The molecular weight excluding hydrogens is 192 g/mol. The second-order valence-electron chi connectivity index (χ2n) is 3.92. The Balaban J connectivity index is 2.35. The maximum atomic E-state index is 9.68. The first-order chi connectivity index (χ1) is 7.06. The normalized spacial score (nSPS) is 18.3. The standard InChI is InChI=1S/C11H14N2O2/c1-6-2-8-3-7(4-11(12)13)9(14)5-10(8)15-6/h3,5-6,14H,2,4H2,1H3,(H3,12,13). The summed E-state index contributed by atoms with van der Waals surface area (Å²) in [6.45, 7) is 1.99. The van der Waals surface area contributed by atoms with Gasteiger partial charge in [0.15, 0.2) is 0 Å². The van der Waals surface area contributed by atoms with Gasteiger partial charge in [-0.2, -0.15) is 0 Å². The molecule has 0 spiro atoms. The molecule has 4 heteroatoms. The SMILES string of the molecule is CC1Cc2cc(CC(=N)N)c(O)cc2O1. The highest BCUT2D eigenvalue weighted by Crippen LogP contribution is 2.34. The van der Waals surface area contributed by atoms with E-state index in [0.29, 0.717) is 5.56 Å². The van der Waals surface area contributed by atoms with Crippen molar-refractivity contribution >= 4 is 5.84 Å². The highest BCUT2D eigenvalue weighted by molar-refractivity contribution is 5.80. The first-order valence-electron chi connectivity index (χ1n) is 4.90. The molecule has 0 bridgehead atoms. The molecule has 0 saturated heterocycles. The monoisotopic (exact) mass is 206 g/mol. The Bertz CT molecular complexity index is 415. The number of hydrogen-bond donors (Lipinski definition) is 3. The Kier molecular flexibility index (Phi) is 2.26. The molecule has 0 radical (unpaired) electrons. The maximum Gasteiger partial charge on any atom is 0.126 e. The topological polar surface area (TPSA) is 79.3 Å². The molecule has 1 atom stereocenters. The summed E-state index contributed by atoms with van der Waals surface area (Å²) in [6.07, 6.45) is 1.29. The molecule has 0 fully saturated rings. The Morgan fingerprint density at radius 2 is 2.40 bits per heavy atom.